The van der Waals surface area contributed by atoms with Crippen molar-refractivity contribution in [3.05, 3.63) is 89.8 Å². The second kappa shape index (κ2) is 7.55. The highest BCUT2D eigenvalue weighted by Crippen LogP contribution is 2.40. The standard InChI is InChI=1S/C23H25NOS/c1-17-21(22(25)26-23(2,3)4)20(18-11-7-5-8-12-18)15-16-24(17)19-13-9-6-10-14-19/h5-16,20H,1-4H3. The smallest absolute Gasteiger partial charge is 0.218 e. The van der Waals surface area contributed by atoms with Gasteiger partial charge in [0.05, 0.1) is 0 Å². The van der Waals surface area contributed by atoms with Crippen molar-refractivity contribution in [1.29, 1.82) is 0 Å². The summed E-state index contributed by atoms with van der Waals surface area (Å²) >= 11 is 1.41. The number of carbonyl (C=O) groups is 1. The molecule has 0 amide bonds. The minimum absolute atomic E-state index is 0.0153. The Morgan fingerprint density at radius 1 is 0.962 bits per heavy atom. The number of para-hydroxylation sites is 1. The number of nitrogens with zero attached hydrogens (tertiary/aromatic N) is 1. The minimum atomic E-state index is -0.121. The lowest BCUT2D eigenvalue weighted by Crippen LogP contribution is -2.26. The third kappa shape index (κ3) is 4.10. The normalized spacial score (nSPS) is 17.5. The van der Waals surface area contributed by atoms with Gasteiger partial charge < -0.3 is 4.90 Å². The topological polar surface area (TPSA) is 20.3 Å². The summed E-state index contributed by atoms with van der Waals surface area (Å²) in [5.41, 5.74) is 4.07. The molecule has 2 aromatic carbocycles. The first-order valence-electron chi connectivity index (χ1n) is 8.88. The lowest BCUT2D eigenvalue weighted by Gasteiger charge is -2.32. The molecule has 0 spiro atoms. The van der Waals surface area contributed by atoms with E-state index in [0.29, 0.717) is 0 Å². The van der Waals surface area contributed by atoms with Gasteiger partial charge in [0.2, 0.25) is 5.12 Å². The molecule has 1 heterocycles. The fourth-order valence-electron chi connectivity index (χ4n) is 3.15. The highest BCUT2D eigenvalue weighted by molar-refractivity contribution is 8.15. The highest BCUT2D eigenvalue weighted by Gasteiger charge is 2.31. The van der Waals surface area contributed by atoms with E-state index >= 15 is 0 Å². The van der Waals surface area contributed by atoms with Crippen molar-refractivity contribution in [2.24, 2.45) is 0 Å². The maximum atomic E-state index is 13.2. The zero-order chi connectivity index (χ0) is 18.7. The van der Waals surface area contributed by atoms with Crippen LogP contribution in [0.25, 0.3) is 0 Å². The van der Waals surface area contributed by atoms with Gasteiger partial charge in [0.25, 0.3) is 0 Å². The Kier molecular flexibility index (Phi) is 5.38. The summed E-state index contributed by atoms with van der Waals surface area (Å²) in [6.45, 7) is 8.28. The van der Waals surface area contributed by atoms with Crippen LogP contribution in [0, 0.1) is 0 Å². The van der Waals surface area contributed by atoms with Gasteiger partial charge in [-0.3, -0.25) is 4.79 Å². The van der Waals surface area contributed by atoms with E-state index in [9.17, 15) is 4.79 Å². The lowest BCUT2D eigenvalue weighted by molar-refractivity contribution is -0.108. The molecule has 0 saturated heterocycles. The van der Waals surface area contributed by atoms with Crippen LogP contribution in [0.2, 0.25) is 0 Å². The Labute approximate surface area is 160 Å². The molecule has 0 aromatic heterocycles. The SMILES string of the molecule is CC1=C(C(=O)SC(C)(C)C)C(c2ccccc2)C=CN1c1ccccc1. The van der Waals surface area contributed by atoms with Gasteiger partial charge >= 0.3 is 0 Å². The Hall–Kier alpha value is -2.26. The third-order valence-corrected chi connectivity index (χ3v) is 5.32. The molecule has 3 rings (SSSR count). The molecule has 0 radical (unpaired) electrons. The van der Waals surface area contributed by atoms with Gasteiger partial charge in [0.1, 0.15) is 0 Å². The lowest BCUT2D eigenvalue weighted by atomic mass is 9.88. The number of thioether (sulfide) groups is 1. The number of anilines is 1. The van der Waals surface area contributed by atoms with E-state index in [-0.39, 0.29) is 15.8 Å². The highest BCUT2D eigenvalue weighted by atomic mass is 32.2. The first-order chi connectivity index (χ1) is 12.4. The number of rotatable bonds is 3. The number of hydrogen-bond acceptors (Lipinski definition) is 3. The molecule has 0 aliphatic carbocycles. The van der Waals surface area contributed by atoms with Gasteiger partial charge in [-0.2, -0.15) is 0 Å². The van der Waals surface area contributed by atoms with Crippen LogP contribution >= 0.6 is 11.8 Å². The maximum Gasteiger partial charge on any atom is 0.218 e. The van der Waals surface area contributed by atoms with E-state index in [4.69, 9.17) is 0 Å². The van der Waals surface area contributed by atoms with E-state index in [1.54, 1.807) is 0 Å². The molecular formula is C23H25NOS. The monoisotopic (exact) mass is 363 g/mol. The van der Waals surface area contributed by atoms with Crippen LogP contribution < -0.4 is 4.90 Å². The molecule has 0 N–H and O–H groups in total. The Morgan fingerprint density at radius 3 is 2.12 bits per heavy atom. The zero-order valence-corrected chi connectivity index (χ0v) is 16.6. The van der Waals surface area contributed by atoms with Crippen molar-refractivity contribution in [1.82, 2.24) is 0 Å². The third-order valence-electron chi connectivity index (χ3n) is 4.30. The molecule has 0 saturated carbocycles. The summed E-state index contributed by atoms with van der Waals surface area (Å²) in [7, 11) is 0. The average molecular weight is 364 g/mol. The Bertz CT molecular complexity index is 832. The molecular weight excluding hydrogens is 338 g/mol. The van der Waals surface area contributed by atoms with Gasteiger partial charge in [-0.05, 0) is 24.6 Å². The number of benzene rings is 2. The second-order valence-corrected chi connectivity index (χ2v) is 9.24. The van der Waals surface area contributed by atoms with Gasteiger partial charge in [0.15, 0.2) is 0 Å². The molecule has 1 aliphatic heterocycles. The van der Waals surface area contributed by atoms with E-state index in [1.807, 2.05) is 43.3 Å². The van der Waals surface area contributed by atoms with Gasteiger partial charge in [0, 0.05) is 33.8 Å². The van der Waals surface area contributed by atoms with Crippen LogP contribution in [0.4, 0.5) is 5.69 Å². The zero-order valence-electron chi connectivity index (χ0n) is 15.8. The molecule has 26 heavy (non-hydrogen) atoms. The molecule has 1 unspecified atom stereocenters. The van der Waals surface area contributed by atoms with Crippen molar-refractivity contribution in [3.63, 3.8) is 0 Å². The summed E-state index contributed by atoms with van der Waals surface area (Å²) < 4.78 is -0.121. The number of hydrogen-bond donors (Lipinski definition) is 0. The molecule has 134 valence electrons. The van der Waals surface area contributed by atoms with Crippen LogP contribution in [0.3, 0.4) is 0 Å². The predicted octanol–water partition coefficient (Wildman–Crippen LogP) is 6.14. The number of carbonyl (C=O) groups excluding carboxylic acids is 1. The first kappa shape index (κ1) is 18.5. The molecule has 2 nitrogen and oxygen atoms in total. The van der Waals surface area contributed by atoms with Crippen LogP contribution in [0.15, 0.2) is 84.2 Å². The maximum absolute atomic E-state index is 13.2. The van der Waals surface area contributed by atoms with Crippen molar-refractivity contribution in [2.45, 2.75) is 38.4 Å². The van der Waals surface area contributed by atoms with Crippen molar-refractivity contribution in [2.75, 3.05) is 4.90 Å². The fourth-order valence-corrected chi connectivity index (χ4v) is 4.09. The first-order valence-corrected chi connectivity index (χ1v) is 9.70. The van der Waals surface area contributed by atoms with Crippen LogP contribution in [0.5, 0.6) is 0 Å². The molecule has 1 aliphatic rings. The van der Waals surface area contributed by atoms with E-state index < -0.39 is 0 Å². The Morgan fingerprint density at radius 2 is 1.54 bits per heavy atom. The minimum Gasteiger partial charge on any atom is -0.321 e. The van der Waals surface area contributed by atoms with Gasteiger partial charge in [-0.1, -0.05) is 87.1 Å². The van der Waals surface area contributed by atoms with E-state index in [2.05, 4.69) is 62.2 Å². The Balaban J connectivity index is 2.06. The number of allylic oxidation sites excluding steroid dienone is 2. The molecule has 0 fully saturated rings. The summed E-state index contributed by atoms with van der Waals surface area (Å²) in [5.74, 6) is -0.0153. The van der Waals surface area contributed by atoms with E-state index in [0.717, 1.165) is 22.5 Å². The molecule has 2 aromatic rings. The fraction of sp³-hybridized carbons (Fsp3) is 0.261. The largest absolute Gasteiger partial charge is 0.321 e. The van der Waals surface area contributed by atoms with E-state index in [1.165, 1.54) is 11.8 Å². The molecule has 1 atom stereocenters. The quantitative estimate of drug-likeness (QED) is 0.653. The van der Waals surface area contributed by atoms with Crippen molar-refractivity contribution >= 4 is 22.6 Å². The van der Waals surface area contributed by atoms with Crippen molar-refractivity contribution in [3.8, 4) is 0 Å². The summed E-state index contributed by atoms with van der Waals surface area (Å²) in [4.78, 5) is 15.3. The van der Waals surface area contributed by atoms with Crippen LogP contribution in [-0.4, -0.2) is 9.86 Å². The van der Waals surface area contributed by atoms with Crippen LogP contribution in [-0.2, 0) is 4.79 Å². The van der Waals surface area contributed by atoms with Crippen LogP contribution in [0.1, 0.15) is 39.2 Å². The summed E-state index contributed by atoms with van der Waals surface area (Å²) in [6, 6.07) is 20.4. The summed E-state index contributed by atoms with van der Waals surface area (Å²) in [5, 5.41) is 0.147. The second-order valence-electron chi connectivity index (χ2n) is 7.44. The average Bonchev–Trinajstić information content (AvgIpc) is 2.61. The van der Waals surface area contributed by atoms with Gasteiger partial charge in [-0.25, -0.2) is 0 Å². The predicted molar refractivity (Wildman–Crippen MR) is 112 cm³/mol. The molecule has 0 bridgehead atoms. The summed E-state index contributed by atoms with van der Waals surface area (Å²) in [6.07, 6.45) is 4.21. The van der Waals surface area contributed by atoms with Gasteiger partial charge in [-0.15, -0.1) is 0 Å². The van der Waals surface area contributed by atoms with Crippen molar-refractivity contribution < 1.29 is 4.79 Å². The molecule has 3 heteroatoms.